The van der Waals surface area contributed by atoms with Gasteiger partial charge in [-0.15, -0.1) is 0 Å². The van der Waals surface area contributed by atoms with Gasteiger partial charge in [0.05, 0.1) is 24.7 Å². The molecule has 0 fully saturated rings. The van der Waals surface area contributed by atoms with E-state index in [-0.39, 0.29) is 28.6 Å². The standard InChI is InChI=1S/C45H28N4O/c1-4-14-29(15-5-1)37-27-33(49-39-22-12-10-20-34(39)35-21-11-13-23-40(35)49)28-38-36-25-24-32(26-41(36)50-42(37)38)45-47-43(30-16-6-2-7-17-30)46-44(48-45)31-18-8-3-9-19-31/h1-28H/i2D,3D,6D,7D,8D,9D,16D,17D,18D,19D. The molecule has 0 saturated carbocycles. The van der Waals surface area contributed by atoms with Crippen molar-refractivity contribution >= 4 is 43.7 Å². The maximum Gasteiger partial charge on any atom is 0.164 e. The van der Waals surface area contributed by atoms with Crippen LogP contribution in [0.1, 0.15) is 13.7 Å². The Hall–Kier alpha value is -6.85. The molecule has 0 aliphatic carbocycles. The predicted molar refractivity (Wildman–Crippen MR) is 203 cm³/mol. The number of fused-ring (bicyclic) bond motifs is 6. The molecule has 0 N–H and O–H groups in total. The Labute approximate surface area is 301 Å². The molecule has 7 aromatic carbocycles. The molecule has 5 heteroatoms. The lowest BCUT2D eigenvalue weighted by atomic mass is 10.0. The fraction of sp³-hybridized carbons (Fsp3) is 0. The Balaban J connectivity index is 1.23. The van der Waals surface area contributed by atoms with E-state index in [1.165, 1.54) is 0 Å². The van der Waals surface area contributed by atoms with Gasteiger partial charge in [-0.3, -0.25) is 0 Å². The van der Waals surface area contributed by atoms with Crippen molar-refractivity contribution < 1.29 is 18.1 Å². The highest BCUT2D eigenvalue weighted by Gasteiger charge is 2.19. The average Bonchev–Trinajstić information content (AvgIpc) is 3.81. The fourth-order valence-electron chi connectivity index (χ4n) is 6.62. The molecule has 0 atom stereocenters. The van der Waals surface area contributed by atoms with Crippen molar-refractivity contribution in [2.45, 2.75) is 0 Å². The van der Waals surface area contributed by atoms with Crippen LogP contribution in [0.2, 0.25) is 0 Å². The summed E-state index contributed by atoms with van der Waals surface area (Å²) >= 11 is 0. The molecule has 0 saturated heterocycles. The van der Waals surface area contributed by atoms with Crippen molar-refractivity contribution in [1.82, 2.24) is 19.5 Å². The van der Waals surface area contributed by atoms with Crippen LogP contribution in [0.4, 0.5) is 0 Å². The van der Waals surface area contributed by atoms with E-state index < -0.39 is 60.4 Å². The van der Waals surface area contributed by atoms with Gasteiger partial charge in [0.15, 0.2) is 17.5 Å². The van der Waals surface area contributed by atoms with E-state index in [2.05, 4.69) is 55.9 Å². The van der Waals surface area contributed by atoms with E-state index in [4.69, 9.17) is 18.1 Å². The van der Waals surface area contributed by atoms with Gasteiger partial charge in [0, 0.05) is 49.5 Å². The monoisotopic (exact) mass is 650 g/mol. The second-order valence-corrected chi connectivity index (χ2v) is 11.7. The van der Waals surface area contributed by atoms with Gasteiger partial charge in [0.1, 0.15) is 11.2 Å². The molecule has 0 bridgehead atoms. The SMILES string of the molecule is [2H]c1c([2H])c([2H])c(-c2nc(-c3ccc4c(c3)oc3c(-c5ccccc5)cc(-n5c6ccccc6c6ccccc65)cc34)nc(-c3c([2H])c([2H])c([2H])c([2H])c3[2H])n2)c([2H])c1[2H]. The minimum atomic E-state index is -0.615. The Bertz CT molecular complexity index is 3260. The zero-order valence-electron chi connectivity index (χ0n) is 36.1. The van der Waals surface area contributed by atoms with Crippen LogP contribution in [0.3, 0.4) is 0 Å². The topological polar surface area (TPSA) is 56.7 Å². The van der Waals surface area contributed by atoms with Gasteiger partial charge in [-0.05, 0) is 42.0 Å². The van der Waals surface area contributed by atoms with Crippen molar-refractivity contribution in [2.24, 2.45) is 0 Å². The van der Waals surface area contributed by atoms with Crippen molar-refractivity contribution in [1.29, 1.82) is 0 Å². The number of furan rings is 1. The quantitative estimate of drug-likeness (QED) is 0.186. The molecule has 3 aromatic heterocycles. The lowest BCUT2D eigenvalue weighted by molar-refractivity contribution is 0.670. The zero-order valence-corrected chi connectivity index (χ0v) is 26.1. The van der Waals surface area contributed by atoms with Crippen LogP contribution >= 0.6 is 0 Å². The van der Waals surface area contributed by atoms with Gasteiger partial charge < -0.3 is 8.98 Å². The summed E-state index contributed by atoms with van der Waals surface area (Å²) < 4.78 is 93.1. The van der Waals surface area contributed by atoms with Crippen LogP contribution in [-0.2, 0) is 0 Å². The van der Waals surface area contributed by atoms with Crippen molar-refractivity contribution in [3.8, 4) is 51.0 Å². The first kappa shape index (κ1) is 19.8. The van der Waals surface area contributed by atoms with Crippen LogP contribution < -0.4 is 0 Å². The maximum atomic E-state index is 8.67. The van der Waals surface area contributed by atoms with Gasteiger partial charge in [0.25, 0.3) is 0 Å². The van der Waals surface area contributed by atoms with E-state index in [9.17, 15) is 0 Å². The van der Waals surface area contributed by atoms with Crippen LogP contribution in [0.5, 0.6) is 0 Å². The largest absolute Gasteiger partial charge is 0.455 e. The summed E-state index contributed by atoms with van der Waals surface area (Å²) in [7, 11) is 0. The second kappa shape index (κ2) is 11.4. The Morgan fingerprint density at radius 1 is 0.460 bits per heavy atom. The molecule has 5 nitrogen and oxygen atoms in total. The van der Waals surface area contributed by atoms with Gasteiger partial charge in [-0.1, -0.05) is 133 Å². The smallest absolute Gasteiger partial charge is 0.164 e. The number of benzene rings is 7. The Morgan fingerprint density at radius 2 is 1.02 bits per heavy atom. The fourth-order valence-corrected chi connectivity index (χ4v) is 6.62. The first-order chi connectivity index (χ1) is 28.9. The lowest BCUT2D eigenvalue weighted by Gasteiger charge is -2.11. The molecule has 3 heterocycles. The summed E-state index contributed by atoms with van der Waals surface area (Å²) in [4.78, 5) is 13.6. The van der Waals surface area contributed by atoms with Crippen molar-refractivity contribution in [3.63, 3.8) is 0 Å². The Morgan fingerprint density at radius 3 is 1.64 bits per heavy atom. The second-order valence-electron chi connectivity index (χ2n) is 11.7. The number of nitrogens with zero attached hydrogens (tertiary/aromatic N) is 4. The zero-order chi connectivity index (χ0) is 41.7. The van der Waals surface area contributed by atoms with Crippen molar-refractivity contribution in [3.05, 3.63) is 170 Å². The number of aromatic nitrogens is 4. The Kier molecular flexibility index (Phi) is 4.52. The van der Waals surface area contributed by atoms with Gasteiger partial charge >= 0.3 is 0 Å². The molecular formula is C45H28N4O. The summed E-state index contributed by atoms with van der Waals surface area (Å²) in [5.41, 5.74) is 5.61. The first-order valence-electron chi connectivity index (χ1n) is 20.9. The minimum absolute atomic E-state index is 0.0507. The van der Waals surface area contributed by atoms with E-state index in [1.54, 1.807) is 12.1 Å². The van der Waals surface area contributed by atoms with Gasteiger partial charge in [0.2, 0.25) is 0 Å². The normalized spacial score (nSPS) is 14.4. The van der Waals surface area contributed by atoms with Gasteiger partial charge in [-0.2, -0.15) is 0 Å². The summed E-state index contributed by atoms with van der Waals surface area (Å²) in [6.07, 6.45) is 0. The van der Waals surface area contributed by atoms with Crippen molar-refractivity contribution in [2.75, 3.05) is 0 Å². The molecule has 10 aromatic rings. The molecule has 0 spiro atoms. The third-order valence-electron chi connectivity index (χ3n) is 8.82. The molecule has 0 amide bonds. The maximum absolute atomic E-state index is 8.67. The molecule has 0 radical (unpaired) electrons. The van der Waals surface area contributed by atoms with Gasteiger partial charge in [-0.25, -0.2) is 15.0 Å². The highest BCUT2D eigenvalue weighted by atomic mass is 16.3. The third-order valence-corrected chi connectivity index (χ3v) is 8.82. The first-order valence-corrected chi connectivity index (χ1v) is 15.9. The summed E-state index contributed by atoms with van der Waals surface area (Å²) in [6.45, 7) is 0. The predicted octanol–water partition coefficient (Wildman–Crippen LogP) is 11.5. The molecular weight excluding hydrogens is 613 g/mol. The highest BCUT2D eigenvalue weighted by molar-refractivity contribution is 6.13. The molecule has 10 rings (SSSR count). The third kappa shape index (κ3) is 4.60. The van der Waals surface area contributed by atoms with Crippen LogP contribution in [0, 0.1) is 0 Å². The van der Waals surface area contributed by atoms with E-state index >= 15 is 0 Å². The lowest BCUT2D eigenvalue weighted by Crippen LogP contribution is -2.00. The summed E-state index contributed by atoms with van der Waals surface area (Å²) in [6, 6.07) is 30.0. The highest BCUT2D eigenvalue weighted by Crippen LogP contribution is 2.41. The van der Waals surface area contributed by atoms with E-state index in [1.807, 2.05) is 60.7 Å². The average molecular weight is 651 g/mol. The van der Waals surface area contributed by atoms with Crippen LogP contribution in [0.15, 0.2) is 174 Å². The number of para-hydroxylation sites is 2. The van der Waals surface area contributed by atoms with E-state index in [0.717, 1.165) is 49.4 Å². The molecule has 0 unspecified atom stereocenters. The van der Waals surface area contributed by atoms with Crippen LogP contribution in [0.25, 0.3) is 94.7 Å². The molecule has 0 aliphatic rings. The minimum Gasteiger partial charge on any atom is -0.455 e. The van der Waals surface area contributed by atoms with E-state index in [0.29, 0.717) is 16.7 Å². The summed E-state index contributed by atoms with van der Waals surface area (Å²) in [5, 5.41) is 3.86. The van der Waals surface area contributed by atoms with Crippen LogP contribution in [-0.4, -0.2) is 19.5 Å². The molecule has 50 heavy (non-hydrogen) atoms. The molecule has 0 aliphatic heterocycles. The summed E-state index contributed by atoms with van der Waals surface area (Å²) in [5.74, 6) is -0.735. The number of hydrogen-bond donors (Lipinski definition) is 0. The molecule has 234 valence electrons. The number of hydrogen-bond acceptors (Lipinski definition) is 4. The number of rotatable bonds is 5.